The van der Waals surface area contributed by atoms with Crippen molar-refractivity contribution in [2.75, 3.05) is 11.9 Å². The van der Waals surface area contributed by atoms with Gasteiger partial charge in [-0.2, -0.15) is 0 Å². The summed E-state index contributed by atoms with van der Waals surface area (Å²) in [4.78, 5) is 19.2. The number of aromatic nitrogens is 1. The number of nitrogens with zero attached hydrogens (tertiary/aromatic N) is 1. The van der Waals surface area contributed by atoms with Crippen LogP contribution in [0.2, 0.25) is 0 Å². The first-order valence-corrected chi connectivity index (χ1v) is 8.60. The van der Waals surface area contributed by atoms with E-state index in [0.717, 1.165) is 31.2 Å². The maximum atomic E-state index is 11.8. The third kappa shape index (κ3) is 3.54. The lowest BCUT2D eigenvalue weighted by molar-refractivity contribution is -0.929. The molecule has 0 aliphatic carbocycles. The van der Waals surface area contributed by atoms with E-state index in [0.29, 0.717) is 0 Å². The van der Waals surface area contributed by atoms with Crippen LogP contribution < -0.4 is 10.2 Å². The SMILES string of the molecule is CC(C)C(=O)Nc1nc2c(s1)C[NH+](Cc1ccccc1)CC2. The fourth-order valence-corrected chi connectivity index (χ4v) is 3.75. The van der Waals surface area contributed by atoms with Gasteiger partial charge in [0.1, 0.15) is 13.1 Å². The van der Waals surface area contributed by atoms with Crippen LogP contribution in [-0.4, -0.2) is 17.4 Å². The molecule has 2 N–H and O–H groups in total. The fraction of sp³-hybridized carbons (Fsp3) is 0.412. The molecule has 1 unspecified atom stereocenters. The fourth-order valence-electron chi connectivity index (χ4n) is 2.67. The lowest BCUT2D eigenvalue weighted by Gasteiger charge is -2.22. The van der Waals surface area contributed by atoms with Crippen molar-refractivity contribution in [2.24, 2.45) is 5.92 Å². The minimum absolute atomic E-state index is 0.0128. The Morgan fingerprint density at radius 3 is 2.86 bits per heavy atom. The van der Waals surface area contributed by atoms with Crippen LogP contribution in [0.5, 0.6) is 0 Å². The number of benzene rings is 1. The van der Waals surface area contributed by atoms with Gasteiger partial charge in [-0.25, -0.2) is 4.98 Å². The molecule has 0 bridgehead atoms. The summed E-state index contributed by atoms with van der Waals surface area (Å²) in [5.41, 5.74) is 2.54. The van der Waals surface area contributed by atoms with Crippen molar-refractivity contribution in [3.63, 3.8) is 0 Å². The molecule has 22 heavy (non-hydrogen) atoms. The summed E-state index contributed by atoms with van der Waals surface area (Å²) in [6, 6.07) is 10.6. The number of nitrogens with one attached hydrogen (secondary N) is 2. The molecule has 0 fully saturated rings. The predicted molar refractivity (Wildman–Crippen MR) is 89.0 cm³/mol. The van der Waals surface area contributed by atoms with Gasteiger partial charge in [0, 0.05) is 17.9 Å². The van der Waals surface area contributed by atoms with Gasteiger partial charge < -0.3 is 10.2 Å². The standard InChI is InChI=1S/C17H21N3OS/c1-12(2)16(21)19-17-18-14-8-9-20(11-15(14)22-17)10-13-6-4-3-5-7-13/h3-7,12H,8-11H2,1-2H3,(H,18,19,21)/p+1. The highest BCUT2D eigenvalue weighted by atomic mass is 32.1. The molecule has 4 nitrogen and oxygen atoms in total. The third-order valence-corrected chi connectivity index (χ3v) is 4.97. The minimum Gasteiger partial charge on any atom is -0.326 e. The molecule has 0 radical (unpaired) electrons. The Morgan fingerprint density at radius 1 is 1.36 bits per heavy atom. The van der Waals surface area contributed by atoms with Gasteiger partial charge in [-0.1, -0.05) is 55.5 Å². The molecule has 2 aromatic rings. The van der Waals surface area contributed by atoms with Crippen LogP contribution in [0.15, 0.2) is 30.3 Å². The minimum atomic E-state index is -0.0128. The lowest BCUT2D eigenvalue weighted by Crippen LogP contribution is -3.10. The van der Waals surface area contributed by atoms with Crippen molar-refractivity contribution < 1.29 is 9.69 Å². The van der Waals surface area contributed by atoms with E-state index in [1.165, 1.54) is 16.1 Å². The second-order valence-electron chi connectivity index (χ2n) is 6.12. The van der Waals surface area contributed by atoms with Crippen LogP contribution in [-0.2, 0) is 24.3 Å². The summed E-state index contributed by atoms with van der Waals surface area (Å²) in [6.07, 6.45) is 0.992. The predicted octanol–water partition coefficient (Wildman–Crippen LogP) is 1.88. The molecule has 1 aromatic carbocycles. The largest absolute Gasteiger partial charge is 0.326 e. The van der Waals surface area contributed by atoms with Crippen molar-refractivity contribution in [1.29, 1.82) is 0 Å². The van der Waals surface area contributed by atoms with Crippen LogP contribution in [0, 0.1) is 5.92 Å². The maximum Gasteiger partial charge on any atom is 0.228 e. The summed E-state index contributed by atoms with van der Waals surface area (Å²) in [6.45, 7) is 6.94. The highest BCUT2D eigenvalue weighted by molar-refractivity contribution is 7.15. The van der Waals surface area contributed by atoms with Crippen molar-refractivity contribution >= 4 is 22.4 Å². The lowest BCUT2D eigenvalue weighted by atomic mass is 10.1. The van der Waals surface area contributed by atoms with Crippen molar-refractivity contribution in [1.82, 2.24) is 4.98 Å². The molecule has 1 aliphatic rings. The Labute approximate surface area is 135 Å². The van der Waals surface area contributed by atoms with E-state index in [-0.39, 0.29) is 11.8 Å². The number of hydrogen-bond acceptors (Lipinski definition) is 3. The first-order valence-electron chi connectivity index (χ1n) is 7.78. The number of quaternary nitrogens is 1. The van der Waals surface area contributed by atoms with E-state index in [2.05, 4.69) is 40.6 Å². The molecule has 1 atom stereocenters. The van der Waals surface area contributed by atoms with E-state index in [4.69, 9.17) is 0 Å². The summed E-state index contributed by atoms with van der Waals surface area (Å²) in [7, 11) is 0. The van der Waals surface area contributed by atoms with Crippen LogP contribution in [0.4, 0.5) is 5.13 Å². The molecule has 116 valence electrons. The zero-order chi connectivity index (χ0) is 15.5. The van der Waals surface area contributed by atoms with Gasteiger partial charge in [-0.05, 0) is 0 Å². The molecule has 3 rings (SSSR count). The average molecular weight is 316 g/mol. The van der Waals surface area contributed by atoms with E-state index < -0.39 is 0 Å². The van der Waals surface area contributed by atoms with Crippen molar-refractivity contribution in [3.05, 3.63) is 46.5 Å². The molecular weight excluding hydrogens is 294 g/mol. The quantitative estimate of drug-likeness (QED) is 0.905. The smallest absolute Gasteiger partial charge is 0.228 e. The number of thiazole rings is 1. The van der Waals surface area contributed by atoms with E-state index in [1.54, 1.807) is 16.2 Å². The zero-order valence-corrected chi connectivity index (χ0v) is 13.9. The number of fused-ring (bicyclic) bond motifs is 1. The molecule has 1 aromatic heterocycles. The molecule has 0 saturated carbocycles. The average Bonchev–Trinajstić information content (AvgIpc) is 2.89. The van der Waals surface area contributed by atoms with Gasteiger partial charge >= 0.3 is 0 Å². The highest BCUT2D eigenvalue weighted by Gasteiger charge is 2.24. The highest BCUT2D eigenvalue weighted by Crippen LogP contribution is 2.24. The Kier molecular flexibility index (Phi) is 4.55. The number of hydrogen-bond donors (Lipinski definition) is 2. The second-order valence-corrected chi connectivity index (χ2v) is 7.21. The second kappa shape index (κ2) is 6.58. The molecule has 0 spiro atoms. The molecule has 0 saturated heterocycles. The first-order chi connectivity index (χ1) is 10.6. The maximum absolute atomic E-state index is 11.8. The first kappa shape index (κ1) is 15.2. The van der Waals surface area contributed by atoms with Crippen LogP contribution in [0.3, 0.4) is 0 Å². The zero-order valence-electron chi connectivity index (χ0n) is 13.1. The monoisotopic (exact) mass is 316 g/mol. The van der Waals surface area contributed by atoms with Crippen LogP contribution >= 0.6 is 11.3 Å². The number of anilines is 1. The van der Waals surface area contributed by atoms with Gasteiger partial charge in [0.2, 0.25) is 5.91 Å². The summed E-state index contributed by atoms with van der Waals surface area (Å²) in [5.74, 6) is 0.0284. The van der Waals surface area contributed by atoms with E-state index in [1.807, 2.05) is 13.8 Å². The molecule has 5 heteroatoms. The van der Waals surface area contributed by atoms with Crippen molar-refractivity contribution in [2.45, 2.75) is 33.4 Å². The normalized spacial score (nSPS) is 17.3. The molecule has 1 aliphatic heterocycles. The van der Waals surface area contributed by atoms with Gasteiger partial charge in [0.15, 0.2) is 5.13 Å². The molecular formula is C17H22N3OS+. The number of carbonyl (C=O) groups excluding carboxylic acids is 1. The summed E-state index contributed by atoms with van der Waals surface area (Å²) < 4.78 is 0. The van der Waals surface area contributed by atoms with Gasteiger partial charge in [0.25, 0.3) is 0 Å². The Hall–Kier alpha value is -1.72. The van der Waals surface area contributed by atoms with Crippen LogP contribution in [0.1, 0.15) is 30.0 Å². The summed E-state index contributed by atoms with van der Waals surface area (Å²) in [5, 5.41) is 3.68. The number of rotatable bonds is 4. The Bertz CT molecular complexity index is 651. The van der Waals surface area contributed by atoms with Crippen molar-refractivity contribution in [3.8, 4) is 0 Å². The van der Waals surface area contributed by atoms with Gasteiger partial charge in [0.05, 0.1) is 17.1 Å². The van der Waals surface area contributed by atoms with Gasteiger partial charge in [-0.15, -0.1) is 0 Å². The summed E-state index contributed by atoms with van der Waals surface area (Å²) >= 11 is 1.63. The number of carbonyl (C=O) groups is 1. The van der Waals surface area contributed by atoms with Gasteiger partial charge in [-0.3, -0.25) is 4.79 Å². The van der Waals surface area contributed by atoms with Crippen LogP contribution in [0.25, 0.3) is 0 Å². The number of amides is 1. The Morgan fingerprint density at radius 2 is 2.14 bits per heavy atom. The molecule has 2 heterocycles. The van der Waals surface area contributed by atoms with E-state index >= 15 is 0 Å². The third-order valence-electron chi connectivity index (χ3n) is 3.96. The Balaban J connectivity index is 1.66. The molecule has 1 amide bonds. The van der Waals surface area contributed by atoms with E-state index in [9.17, 15) is 4.79 Å². The topological polar surface area (TPSA) is 46.4 Å².